The second-order valence-corrected chi connectivity index (χ2v) is 5.42. The lowest BCUT2D eigenvalue weighted by molar-refractivity contribution is -0.116. The Balaban J connectivity index is 2.19. The summed E-state index contributed by atoms with van der Waals surface area (Å²) in [5.74, 6) is 1.48. The van der Waals surface area contributed by atoms with E-state index in [0.717, 1.165) is 6.42 Å². The van der Waals surface area contributed by atoms with Crippen LogP contribution in [0.3, 0.4) is 0 Å². The lowest BCUT2D eigenvalue weighted by atomic mass is 9.69. The minimum atomic E-state index is 0.298. The van der Waals surface area contributed by atoms with Crippen LogP contribution in [-0.2, 0) is 4.79 Å². The van der Waals surface area contributed by atoms with Gasteiger partial charge in [0.2, 0.25) is 0 Å². The van der Waals surface area contributed by atoms with Crippen molar-refractivity contribution in [3.05, 3.63) is 24.3 Å². The van der Waals surface area contributed by atoms with Crippen molar-refractivity contribution in [2.75, 3.05) is 0 Å². The fourth-order valence-corrected chi connectivity index (χ4v) is 3.12. The average molecular weight is 204 g/mol. The van der Waals surface area contributed by atoms with Gasteiger partial charge in [0.1, 0.15) is 0 Å². The van der Waals surface area contributed by atoms with Crippen LogP contribution in [0.5, 0.6) is 0 Å². The summed E-state index contributed by atoms with van der Waals surface area (Å²) in [7, 11) is 0. The van der Waals surface area contributed by atoms with Gasteiger partial charge in [-0.3, -0.25) is 4.79 Å². The average Bonchev–Trinajstić information content (AvgIpc) is 2.58. The van der Waals surface area contributed by atoms with Crippen LogP contribution in [0, 0.1) is 17.3 Å². The standard InChI is InChI=1S/C14H20O/c1-10(2)12-4-6-14(9-12)7-5-13(15)8-11(14)3/h5,7,11-12H,1,4,6,8-9H2,2-3H3. The van der Waals surface area contributed by atoms with Gasteiger partial charge in [-0.1, -0.05) is 25.2 Å². The van der Waals surface area contributed by atoms with E-state index in [0.29, 0.717) is 23.0 Å². The van der Waals surface area contributed by atoms with E-state index in [1.54, 1.807) is 6.08 Å². The predicted octanol–water partition coefficient (Wildman–Crippen LogP) is 3.51. The molecule has 0 aromatic rings. The molecular weight excluding hydrogens is 184 g/mol. The van der Waals surface area contributed by atoms with Crippen molar-refractivity contribution < 1.29 is 4.79 Å². The van der Waals surface area contributed by atoms with Gasteiger partial charge >= 0.3 is 0 Å². The molecular formula is C14H20O. The van der Waals surface area contributed by atoms with E-state index < -0.39 is 0 Å². The van der Waals surface area contributed by atoms with Gasteiger partial charge in [0, 0.05) is 6.42 Å². The highest BCUT2D eigenvalue weighted by atomic mass is 16.1. The van der Waals surface area contributed by atoms with Crippen LogP contribution in [0.2, 0.25) is 0 Å². The summed E-state index contributed by atoms with van der Waals surface area (Å²) in [4.78, 5) is 11.3. The highest BCUT2D eigenvalue weighted by Gasteiger charge is 2.43. The molecule has 0 aliphatic heterocycles. The van der Waals surface area contributed by atoms with Crippen LogP contribution in [0.25, 0.3) is 0 Å². The first kappa shape index (κ1) is 10.7. The highest BCUT2D eigenvalue weighted by molar-refractivity contribution is 5.90. The lowest BCUT2D eigenvalue weighted by Gasteiger charge is -2.35. The SMILES string of the molecule is C=C(C)C1CCC2(C=CC(=O)CC2C)C1. The van der Waals surface area contributed by atoms with E-state index in [4.69, 9.17) is 0 Å². The maximum atomic E-state index is 11.3. The van der Waals surface area contributed by atoms with Gasteiger partial charge in [-0.2, -0.15) is 0 Å². The fraction of sp³-hybridized carbons (Fsp3) is 0.643. The molecule has 1 fully saturated rings. The van der Waals surface area contributed by atoms with E-state index in [1.165, 1.54) is 24.8 Å². The molecule has 0 aromatic carbocycles. The minimum Gasteiger partial charge on any atom is -0.295 e. The lowest BCUT2D eigenvalue weighted by Crippen LogP contribution is -2.29. The van der Waals surface area contributed by atoms with Gasteiger partial charge < -0.3 is 0 Å². The van der Waals surface area contributed by atoms with Crippen LogP contribution in [-0.4, -0.2) is 5.78 Å². The van der Waals surface area contributed by atoms with E-state index in [2.05, 4.69) is 26.5 Å². The molecule has 82 valence electrons. The number of ketones is 1. The van der Waals surface area contributed by atoms with Crippen molar-refractivity contribution in [2.24, 2.45) is 17.3 Å². The van der Waals surface area contributed by atoms with Crippen LogP contribution in [0.1, 0.15) is 39.5 Å². The van der Waals surface area contributed by atoms with Crippen LogP contribution in [0.4, 0.5) is 0 Å². The van der Waals surface area contributed by atoms with E-state index in [-0.39, 0.29) is 0 Å². The van der Waals surface area contributed by atoms with E-state index in [9.17, 15) is 4.79 Å². The Bertz CT molecular complexity index is 326. The third-order valence-electron chi connectivity index (χ3n) is 4.37. The van der Waals surface area contributed by atoms with E-state index >= 15 is 0 Å². The molecule has 1 nitrogen and oxygen atoms in total. The Morgan fingerprint density at radius 1 is 1.60 bits per heavy atom. The van der Waals surface area contributed by atoms with Crippen LogP contribution < -0.4 is 0 Å². The second kappa shape index (κ2) is 3.62. The molecule has 0 radical (unpaired) electrons. The molecule has 3 unspecified atom stereocenters. The number of allylic oxidation sites excluding steroid dienone is 3. The topological polar surface area (TPSA) is 17.1 Å². The molecule has 3 atom stereocenters. The molecule has 0 bridgehead atoms. The number of hydrogen-bond acceptors (Lipinski definition) is 1. The first-order valence-corrected chi connectivity index (χ1v) is 5.91. The third-order valence-corrected chi connectivity index (χ3v) is 4.37. The van der Waals surface area contributed by atoms with Crippen LogP contribution >= 0.6 is 0 Å². The van der Waals surface area contributed by atoms with Crippen molar-refractivity contribution in [1.82, 2.24) is 0 Å². The van der Waals surface area contributed by atoms with Gasteiger partial charge in [0.05, 0.1) is 0 Å². The fourth-order valence-electron chi connectivity index (χ4n) is 3.12. The maximum Gasteiger partial charge on any atom is 0.155 e. The largest absolute Gasteiger partial charge is 0.295 e. The van der Waals surface area contributed by atoms with Crippen molar-refractivity contribution in [3.63, 3.8) is 0 Å². The summed E-state index contributed by atoms with van der Waals surface area (Å²) in [6, 6.07) is 0. The van der Waals surface area contributed by atoms with E-state index in [1.807, 2.05) is 0 Å². The summed E-state index contributed by atoms with van der Waals surface area (Å²) in [5, 5.41) is 0. The first-order chi connectivity index (χ1) is 7.03. The van der Waals surface area contributed by atoms with Crippen molar-refractivity contribution >= 4 is 5.78 Å². The highest BCUT2D eigenvalue weighted by Crippen LogP contribution is 2.52. The number of rotatable bonds is 1. The Hall–Kier alpha value is -0.850. The summed E-state index contributed by atoms with van der Waals surface area (Å²) in [6.07, 6.45) is 8.41. The molecule has 0 saturated heterocycles. The normalized spacial score (nSPS) is 40.0. The van der Waals surface area contributed by atoms with Crippen molar-refractivity contribution in [3.8, 4) is 0 Å². The number of hydrogen-bond donors (Lipinski definition) is 0. The first-order valence-electron chi connectivity index (χ1n) is 5.91. The monoisotopic (exact) mass is 204 g/mol. The zero-order chi connectivity index (χ0) is 11.1. The maximum absolute atomic E-state index is 11.3. The predicted molar refractivity (Wildman–Crippen MR) is 62.5 cm³/mol. The minimum absolute atomic E-state index is 0.298. The molecule has 2 aliphatic carbocycles. The van der Waals surface area contributed by atoms with Crippen molar-refractivity contribution in [2.45, 2.75) is 39.5 Å². The summed E-state index contributed by atoms with van der Waals surface area (Å²) < 4.78 is 0. The second-order valence-electron chi connectivity index (χ2n) is 5.42. The van der Waals surface area contributed by atoms with Gasteiger partial charge in [-0.15, -0.1) is 0 Å². The van der Waals surface area contributed by atoms with Gasteiger partial charge in [0.15, 0.2) is 5.78 Å². The van der Waals surface area contributed by atoms with Gasteiger partial charge in [-0.05, 0) is 49.5 Å². The van der Waals surface area contributed by atoms with Crippen molar-refractivity contribution in [1.29, 1.82) is 0 Å². The Morgan fingerprint density at radius 3 is 2.87 bits per heavy atom. The quantitative estimate of drug-likeness (QED) is 0.597. The molecule has 1 spiro atoms. The molecule has 0 aromatic heterocycles. The number of carbonyl (C=O) groups excluding carboxylic acids is 1. The molecule has 0 heterocycles. The smallest absolute Gasteiger partial charge is 0.155 e. The van der Waals surface area contributed by atoms with Crippen LogP contribution in [0.15, 0.2) is 24.3 Å². The molecule has 1 saturated carbocycles. The Morgan fingerprint density at radius 2 is 2.33 bits per heavy atom. The number of carbonyl (C=O) groups is 1. The van der Waals surface area contributed by atoms with Gasteiger partial charge in [0.25, 0.3) is 0 Å². The molecule has 0 N–H and O–H groups in total. The molecule has 0 amide bonds. The molecule has 2 rings (SSSR count). The molecule has 1 heteroatoms. The molecule has 2 aliphatic rings. The molecule has 15 heavy (non-hydrogen) atoms. The van der Waals surface area contributed by atoms with Gasteiger partial charge in [-0.25, -0.2) is 0 Å². The summed E-state index contributed by atoms with van der Waals surface area (Å²) in [5.41, 5.74) is 1.61. The third kappa shape index (κ3) is 1.80. The zero-order valence-electron chi connectivity index (χ0n) is 9.75. The summed E-state index contributed by atoms with van der Waals surface area (Å²) in [6.45, 7) is 8.42. The Kier molecular flexibility index (Phi) is 2.57. The Labute approximate surface area is 92.3 Å². The zero-order valence-corrected chi connectivity index (χ0v) is 9.75. The summed E-state index contributed by atoms with van der Waals surface area (Å²) >= 11 is 0.